The Balaban J connectivity index is 1.63. The Hall–Kier alpha value is -2.23. The number of hydrogen-bond acceptors (Lipinski definition) is 7. The van der Waals surface area contributed by atoms with Gasteiger partial charge in [0.2, 0.25) is 10.0 Å². The number of rotatable bonds is 3. The number of sulfonamides is 1. The van der Waals surface area contributed by atoms with Crippen LogP contribution in [0.15, 0.2) is 40.6 Å². The highest BCUT2D eigenvalue weighted by atomic mass is 32.2. The summed E-state index contributed by atoms with van der Waals surface area (Å²) >= 11 is 1.02. The van der Waals surface area contributed by atoms with Gasteiger partial charge in [0.05, 0.1) is 25.6 Å². The van der Waals surface area contributed by atoms with Crippen molar-refractivity contribution in [2.75, 3.05) is 20.2 Å². The molecular weight excluding hydrogens is 390 g/mol. The normalized spacial score (nSPS) is 22.5. The van der Waals surface area contributed by atoms with E-state index in [9.17, 15) is 18.0 Å². The third-order valence-corrected chi connectivity index (χ3v) is 7.81. The first kappa shape index (κ1) is 18.1. The van der Waals surface area contributed by atoms with Gasteiger partial charge in [0.15, 0.2) is 5.78 Å². The van der Waals surface area contributed by atoms with Crippen LogP contribution in [0.2, 0.25) is 0 Å². The van der Waals surface area contributed by atoms with Crippen molar-refractivity contribution in [1.82, 2.24) is 4.31 Å². The lowest BCUT2D eigenvalue weighted by atomic mass is 9.89. The van der Waals surface area contributed by atoms with Gasteiger partial charge in [-0.2, -0.15) is 4.31 Å². The van der Waals surface area contributed by atoms with Crippen LogP contribution in [-0.4, -0.2) is 50.3 Å². The predicted octanol–water partition coefficient (Wildman–Crippen LogP) is 2.33. The summed E-state index contributed by atoms with van der Waals surface area (Å²) in [4.78, 5) is 24.4. The number of hydrogen-bond donors (Lipinski definition) is 0. The smallest absolute Gasteiger partial charge is 0.349 e. The summed E-state index contributed by atoms with van der Waals surface area (Å²) < 4.78 is 38.2. The number of methoxy groups -OCH3 is 1. The highest BCUT2D eigenvalue weighted by Crippen LogP contribution is 2.40. The molecule has 3 heterocycles. The molecular formula is C18H17NO6S2. The Bertz CT molecular complexity index is 1030. The molecule has 4 rings (SSSR count). The quantitative estimate of drug-likeness (QED) is 0.726. The maximum atomic E-state index is 13.1. The van der Waals surface area contributed by atoms with Crippen molar-refractivity contribution in [3.05, 3.63) is 46.2 Å². The zero-order valence-corrected chi connectivity index (χ0v) is 16.1. The second-order valence-electron chi connectivity index (χ2n) is 6.58. The fraction of sp³-hybridized carbons (Fsp3) is 0.333. The van der Waals surface area contributed by atoms with Gasteiger partial charge in [-0.3, -0.25) is 4.79 Å². The molecule has 0 amide bonds. The minimum atomic E-state index is -3.90. The van der Waals surface area contributed by atoms with E-state index in [4.69, 9.17) is 4.74 Å². The minimum Gasteiger partial charge on any atom is -0.485 e. The fourth-order valence-electron chi connectivity index (χ4n) is 3.57. The molecule has 1 aromatic carbocycles. The lowest BCUT2D eigenvalue weighted by Crippen LogP contribution is -2.45. The molecule has 0 aliphatic carbocycles. The summed E-state index contributed by atoms with van der Waals surface area (Å²) in [6, 6.07) is 8.39. The molecule has 0 radical (unpaired) electrons. The van der Waals surface area contributed by atoms with Crippen molar-refractivity contribution in [3.8, 4) is 5.75 Å². The third kappa shape index (κ3) is 2.95. The van der Waals surface area contributed by atoms with E-state index in [0.29, 0.717) is 17.7 Å². The van der Waals surface area contributed by atoms with Crippen molar-refractivity contribution < 1.29 is 27.5 Å². The maximum Gasteiger partial charge on any atom is 0.349 e. The number of para-hydroxylation sites is 1. The third-order valence-electron chi connectivity index (χ3n) is 4.90. The summed E-state index contributed by atoms with van der Waals surface area (Å²) in [6.07, 6.45) is 0.535. The number of ketones is 1. The van der Waals surface area contributed by atoms with Gasteiger partial charge >= 0.3 is 5.97 Å². The predicted molar refractivity (Wildman–Crippen MR) is 97.8 cm³/mol. The summed E-state index contributed by atoms with van der Waals surface area (Å²) in [5, 5.41) is 1.54. The first-order valence-corrected chi connectivity index (χ1v) is 10.7. The molecule has 1 atom stereocenters. The Morgan fingerprint density at radius 3 is 2.85 bits per heavy atom. The van der Waals surface area contributed by atoms with Crippen LogP contribution in [0.5, 0.6) is 5.75 Å². The van der Waals surface area contributed by atoms with E-state index in [-0.39, 0.29) is 35.1 Å². The van der Waals surface area contributed by atoms with Crippen LogP contribution >= 0.6 is 11.3 Å². The SMILES string of the molecule is COC(=O)c1sccc1S(=O)(=O)N1CC[C@@]2(CC(=O)c3ccccc3O2)C1. The van der Waals surface area contributed by atoms with Crippen LogP contribution in [0.1, 0.15) is 32.9 Å². The second-order valence-corrected chi connectivity index (χ2v) is 9.40. The lowest BCUT2D eigenvalue weighted by molar-refractivity contribution is 0.0498. The lowest BCUT2D eigenvalue weighted by Gasteiger charge is -2.34. The number of esters is 1. The van der Waals surface area contributed by atoms with Gasteiger partial charge in [0, 0.05) is 13.0 Å². The molecule has 7 nitrogen and oxygen atoms in total. The molecule has 27 heavy (non-hydrogen) atoms. The van der Waals surface area contributed by atoms with Crippen molar-refractivity contribution in [2.45, 2.75) is 23.3 Å². The molecule has 142 valence electrons. The second kappa shape index (κ2) is 6.43. The number of ether oxygens (including phenoxy) is 2. The number of thiophene rings is 1. The van der Waals surface area contributed by atoms with Crippen molar-refractivity contribution in [3.63, 3.8) is 0 Å². The summed E-state index contributed by atoms with van der Waals surface area (Å²) in [7, 11) is -2.69. The summed E-state index contributed by atoms with van der Waals surface area (Å²) in [6.45, 7) is 0.278. The van der Waals surface area contributed by atoms with E-state index >= 15 is 0 Å². The van der Waals surface area contributed by atoms with Crippen LogP contribution < -0.4 is 4.74 Å². The number of benzene rings is 1. The van der Waals surface area contributed by atoms with E-state index in [1.807, 2.05) is 0 Å². The van der Waals surface area contributed by atoms with Crippen LogP contribution in [0.25, 0.3) is 0 Å². The summed E-state index contributed by atoms with van der Waals surface area (Å²) in [5.74, 6) is -0.254. The van der Waals surface area contributed by atoms with Crippen LogP contribution in [-0.2, 0) is 14.8 Å². The van der Waals surface area contributed by atoms with Crippen molar-refractivity contribution in [1.29, 1.82) is 0 Å². The number of carbonyl (C=O) groups excluding carboxylic acids is 2. The van der Waals surface area contributed by atoms with E-state index in [2.05, 4.69) is 4.74 Å². The topological polar surface area (TPSA) is 90.0 Å². The van der Waals surface area contributed by atoms with E-state index in [1.165, 1.54) is 17.5 Å². The number of carbonyl (C=O) groups is 2. The van der Waals surface area contributed by atoms with Gasteiger partial charge in [0.1, 0.15) is 21.1 Å². The zero-order chi connectivity index (χ0) is 19.2. The fourth-order valence-corrected chi connectivity index (χ4v) is 6.39. The van der Waals surface area contributed by atoms with Gasteiger partial charge < -0.3 is 9.47 Å². The Labute approximate surface area is 160 Å². The Morgan fingerprint density at radius 1 is 1.30 bits per heavy atom. The van der Waals surface area contributed by atoms with Gasteiger partial charge in [-0.25, -0.2) is 13.2 Å². The highest BCUT2D eigenvalue weighted by molar-refractivity contribution is 7.89. The number of Topliss-reactive ketones (excluding diaryl/α,β-unsaturated/α-hetero) is 1. The average molecular weight is 407 g/mol. The van der Waals surface area contributed by atoms with E-state index in [0.717, 1.165) is 11.3 Å². The molecule has 1 fully saturated rings. The first-order valence-electron chi connectivity index (χ1n) is 8.33. The minimum absolute atomic E-state index is 0.0458. The van der Waals surface area contributed by atoms with Crippen LogP contribution in [0.4, 0.5) is 0 Å². The molecule has 0 unspecified atom stereocenters. The van der Waals surface area contributed by atoms with Gasteiger partial charge in [0.25, 0.3) is 0 Å². The molecule has 1 spiro atoms. The summed E-state index contributed by atoms with van der Waals surface area (Å²) in [5.41, 5.74) is -0.352. The van der Waals surface area contributed by atoms with Crippen LogP contribution in [0, 0.1) is 0 Å². The monoisotopic (exact) mass is 407 g/mol. The maximum absolute atomic E-state index is 13.1. The molecule has 2 aliphatic heterocycles. The Morgan fingerprint density at radius 2 is 2.07 bits per heavy atom. The zero-order valence-electron chi connectivity index (χ0n) is 14.5. The molecule has 2 aliphatic rings. The van der Waals surface area contributed by atoms with E-state index in [1.54, 1.807) is 29.6 Å². The van der Waals surface area contributed by atoms with E-state index < -0.39 is 21.6 Å². The molecule has 0 saturated carbocycles. The average Bonchev–Trinajstić information content (AvgIpc) is 3.29. The van der Waals surface area contributed by atoms with Crippen molar-refractivity contribution >= 4 is 33.1 Å². The molecule has 1 saturated heterocycles. The number of fused-ring (bicyclic) bond motifs is 1. The van der Waals surface area contributed by atoms with Gasteiger partial charge in [-0.05, 0) is 23.6 Å². The van der Waals surface area contributed by atoms with Crippen LogP contribution in [0.3, 0.4) is 0 Å². The molecule has 9 heteroatoms. The Kier molecular flexibility index (Phi) is 4.32. The first-order chi connectivity index (χ1) is 12.9. The number of nitrogens with zero attached hydrogens (tertiary/aromatic N) is 1. The van der Waals surface area contributed by atoms with Gasteiger partial charge in [-0.15, -0.1) is 11.3 Å². The van der Waals surface area contributed by atoms with Crippen molar-refractivity contribution in [2.24, 2.45) is 0 Å². The standard InChI is InChI=1S/C18H17NO6S2/c1-24-17(21)16-15(6-9-26-16)27(22,23)19-8-7-18(11-19)10-13(20)12-4-2-3-5-14(12)25-18/h2-6,9H,7-8,10-11H2,1H3/t18-/m1/s1. The molecule has 0 bridgehead atoms. The molecule has 0 N–H and O–H groups in total. The molecule has 1 aromatic heterocycles. The molecule has 2 aromatic rings. The highest BCUT2D eigenvalue weighted by Gasteiger charge is 2.49. The largest absolute Gasteiger partial charge is 0.485 e. The van der Waals surface area contributed by atoms with Gasteiger partial charge in [-0.1, -0.05) is 12.1 Å².